The first kappa shape index (κ1) is 13.4. The molecule has 21 heavy (non-hydrogen) atoms. The summed E-state index contributed by atoms with van der Waals surface area (Å²) in [6, 6.07) is 15.5. The number of nitrogens with one attached hydrogen (secondary N) is 1. The zero-order chi connectivity index (χ0) is 14.7. The van der Waals surface area contributed by atoms with Gasteiger partial charge in [0.1, 0.15) is 6.04 Å². The third-order valence-corrected chi connectivity index (χ3v) is 3.94. The molecule has 1 heterocycles. The van der Waals surface area contributed by atoms with Gasteiger partial charge >= 0.3 is 6.03 Å². The number of urea groups is 1. The lowest BCUT2D eigenvalue weighted by Gasteiger charge is -2.31. The summed E-state index contributed by atoms with van der Waals surface area (Å²) in [5.74, 6) is 0. The molecule has 4 nitrogen and oxygen atoms in total. The Morgan fingerprint density at radius 1 is 1.19 bits per heavy atom. The van der Waals surface area contributed by atoms with Gasteiger partial charge in [-0.2, -0.15) is 5.26 Å². The molecular weight excluding hydrogens is 262 g/mol. The van der Waals surface area contributed by atoms with Crippen molar-refractivity contribution in [1.82, 2.24) is 4.90 Å². The second-order valence-corrected chi connectivity index (χ2v) is 5.29. The van der Waals surface area contributed by atoms with Crippen LogP contribution < -0.4 is 5.32 Å². The molecule has 0 bridgehead atoms. The van der Waals surface area contributed by atoms with E-state index in [-0.39, 0.29) is 12.1 Å². The van der Waals surface area contributed by atoms with Gasteiger partial charge in [0.25, 0.3) is 0 Å². The van der Waals surface area contributed by atoms with Crippen molar-refractivity contribution in [2.45, 2.75) is 25.3 Å². The van der Waals surface area contributed by atoms with Gasteiger partial charge in [0, 0.05) is 11.9 Å². The highest BCUT2D eigenvalue weighted by Crippen LogP contribution is 2.24. The number of carbonyl (C=O) groups is 1. The number of hydrogen-bond donors (Lipinski definition) is 1. The Morgan fingerprint density at radius 3 is 2.86 bits per heavy atom. The third-order valence-electron chi connectivity index (χ3n) is 3.94. The molecule has 1 aliphatic rings. The monoisotopic (exact) mass is 279 g/mol. The van der Waals surface area contributed by atoms with E-state index >= 15 is 0 Å². The Labute approximate surface area is 124 Å². The zero-order valence-electron chi connectivity index (χ0n) is 11.7. The maximum absolute atomic E-state index is 12.4. The minimum Gasteiger partial charge on any atom is -0.309 e. The number of likely N-dealkylation sites (tertiary alicyclic amines) is 1. The van der Waals surface area contributed by atoms with Crippen LogP contribution in [0, 0.1) is 11.3 Å². The van der Waals surface area contributed by atoms with Gasteiger partial charge in [0.05, 0.1) is 11.8 Å². The van der Waals surface area contributed by atoms with E-state index in [4.69, 9.17) is 0 Å². The molecule has 0 aromatic heterocycles. The highest BCUT2D eigenvalue weighted by atomic mass is 16.2. The van der Waals surface area contributed by atoms with E-state index in [0.29, 0.717) is 6.54 Å². The summed E-state index contributed by atoms with van der Waals surface area (Å²) in [6.07, 6.45) is 2.73. The average molecular weight is 279 g/mol. The fourth-order valence-electron chi connectivity index (χ4n) is 2.83. The smallest absolute Gasteiger partial charge is 0.309 e. The predicted octanol–water partition coefficient (Wildman–Crippen LogP) is 3.75. The number of hydrogen-bond acceptors (Lipinski definition) is 2. The summed E-state index contributed by atoms with van der Waals surface area (Å²) in [5.41, 5.74) is 0.792. The summed E-state index contributed by atoms with van der Waals surface area (Å²) in [4.78, 5) is 14.1. The first-order valence-corrected chi connectivity index (χ1v) is 7.24. The van der Waals surface area contributed by atoms with Gasteiger partial charge in [0.15, 0.2) is 0 Å². The maximum atomic E-state index is 12.4. The fraction of sp³-hybridized carbons (Fsp3) is 0.294. The van der Waals surface area contributed by atoms with E-state index in [1.165, 1.54) is 0 Å². The van der Waals surface area contributed by atoms with Crippen molar-refractivity contribution in [1.29, 1.82) is 5.26 Å². The Morgan fingerprint density at radius 2 is 2.00 bits per heavy atom. The minimum absolute atomic E-state index is 0.183. The molecule has 0 spiro atoms. The van der Waals surface area contributed by atoms with Crippen LogP contribution in [0.5, 0.6) is 0 Å². The van der Waals surface area contributed by atoms with Gasteiger partial charge in [-0.05, 0) is 30.7 Å². The molecule has 2 aromatic carbocycles. The summed E-state index contributed by atoms with van der Waals surface area (Å²) >= 11 is 0. The molecular formula is C17H17N3O. The minimum atomic E-state index is -0.311. The van der Waals surface area contributed by atoms with E-state index in [1.54, 1.807) is 4.90 Å². The molecule has 1 N–H and O–H groups in total. The van der Waals surface area contributed by atoms with Crippen LogP contribution in [0.15, 0.2) is 42.5 Å². The van der Waals surface area contributed by atoms with Crippen molar-refractivity contribution >= 4 is 22.5 Å². The van der Waals surface area contributed by atoms with Crippen LogP contribution in [0.3, 0.4) is 0 Å². The van der Waals surface area contributed by atoms with Gasteiger partial charge in [0.2, 0.25) is 0 Å². The molecule has 2 amide bonds. The first-order chi connectivity index (χ1) is 10.3. The fourth-order valence-corrected chi connectivity index (χ4v) is 2.83. The van der Waals surface area contributed by atoms with Crippen molar-refractivity contribution in [3.63, 3.8) is 0 Å². The topological polar surface area (TPSA) is 56.1 Å². The largest absolute Gasteiger partial charge is 0.322 e. The van der Waals surface area contributed by atoms with Crippen LogP contribution in [-0.2, 0) is 0 Å². The van der Waals surface area contributed by atoms with Crippen molar-refractivity contribution in [3.05, 3.63) is 42.5 Å². The van der Waals surface area contributed by atoms with Gasteiger partial charge in [-0.25, -0.2) is 4.79 Å². The molecule has 1 aliphatic heterocycles. The number of nitriles is 1. The summed E-state index contributed by atoms with van der Waals surface area (Å²) < 4.78 is 0. The Balaban J connectivity index is 1.85. The zero-order valence-corrected chi connectivity index (χ0v) is 11.7. The summed E-state index contributed by atoms with van der Waals surface area (Å²) in [5, 5.41) is 14.2. The first-order valence-electron chi connectivity index (χ1n) is 7.24. The summed E-state index contributed by atoms with van der Waals surface area (Å²) in [7, 11) is 0. The molecule has 2 aromatic rings. The molecule has 0 radical (unpaired) electrons. The van der Waals surface area contributed by atoms with Crippen molar-refractivity contribution in [3.8, 4) is 6.07 Å². The van der Waals surface area contributed by atoms with Crippen molar-refractivity contribution in [2.75, 3.05) is 11.9 Å². The second-order valence-electron chi connectivity index (χ2n) is 5.29. The maximum Gasteiger partial charge on any atom is 0.322 e. The van der Waals surface area contributed by atoms with Crippen LogP contribution in [-0.4, -0.2) is 23.5 Å². The van der Waals surface area contributed by atoms with Crippen LogP contribution in [0.4, 0.5) is 10.5 Å². The molecule has 0 aliphatic carbocycles. The number of anilines is 1. The highest BCUT2D eigenvalue weighted by Gasteiger charge is 2.26. The molecule has 106 valence electrons. The number of piperidine rings is 1. The van der Waals surface area contributed by atoms with E-state index < -0.39 is 0 Å². The van der Waals surface area contributed by atoms with Gasteiger partial charge in [-0.1, -0.05) is 36.4 Å². The van der Waals surface area contributed by atoms with Gasteiger partial charge in [-0.15, -0.1) is 0 Å². The molecule has 0 saturated carbocycles. The number of fused-ring (bicyclic) bond motifs is 1. The quantitative estimate of drug-likeness (QED) is 0.864. The number of nitrogens with zero attached hydrogens (tertiary/aromatic N) is 2. The number of rotatable bonds is 1. The van der Waals surface area contributed by atoms with E-state index in [0.717, 1.165) is 35.7 Å². The molecule has 1 unspecified atom stereocenters. The third kappa shape index (κ3) is 2.68. The number of benzene rings is 2. The molecule has 3 rings (SSSR count). The SMILES string of the molecule is N#CC1CCCCN1C(=O)Nc1cccc2ccccc12. The average Bonchev–Trinajstić information content (AvgIpc) is 2.55. The van der Waals surface area contributed by atoms with Crippen molar-refractivity contribution < 1.29 is 4.79 Å². The Kier molecular flexibility index (Phi) is 3.74. The lowest BCUT2D eigenvalue weighted by molar-refractivity contribution is 0.182. The van der Waals surface area contributed by atoms with Crippen LogP contribution in [0.25, 0.3) is 10.8 Å². The van der Waals surface area contributed by atoms with Gasteiger partial charge < -0.3 is 10.2 Å². The lowest BCUT2D eigenvalue weighted by Crippen LogP contribution is -2.45. The predicted molar refractivity (Wildman–Crippen MR) is 82.9 cm³/mol. The molecule has 1 fully saturated rings. The molecule has 1 atom stereocenters. The van der Waals surface area contributed by atoms with E-state index in [9.17, 15) is 10.1 Å². The highest BCUT2D eigenvalue weighted by molar-refractivity contribution is 6.01. The van der Waals surface area contributed by atoms with E-state index in [1.807, 2.05) is 42.5 Å². The Hall–Kier alpha value is -2.54. The standard InChI is InChI=1S/C17H17N3O/c18-12-14-8-3-4-11-20(14)17(21)19-16-10-5-7-13-6-1-2-9-15(13)16/h1-2,5-7,9-10,14H,3-4,8,11H2,(H,19,21). The van der Waals surface area contributed by atoms with Crippen LogP contribution >= 0.6 is 0 Å². The second kappa shape index (κ2) is 5.84. The van der Waals surface area contributed by atoms with Crippen LogP contribution in [0.2, 0.25) is 0 Å². The summed E-state index contributed by atoms with van der Waals surface area (Å²) in [6.45, 7) is 0.648. The van der Waals surface area contributed by atoms with E-state index in [2.05, 4.69) is 11.4 Å². The Bertz CT molecular complexity index is 699. The molecule has 4 heteroatoms. The molecule has 1 saturated heterocycles. The normalized spacial score (nSPS) is 18.2. The van der Waals surface area contributed by atoms with Crippen molar-refractivity contribution in [2.24, 2.45) is 0 Å². The number of carbonyl (C=O) groups excluding carboxylic acids is 1. The number of amides is 2. The lowest BCUT2D eigenvalue weighted by atomic mass is 10.0. The van der Waals surface area contributed by atoms with Gasteiger partial charge in [-0.3, -0.25) is 0 Å². The van der Waals surface area contributed by atoms with Crippen LogP contribution in [0.1, 0.15) is 19.3 Å².